The van der Waals surface area contributed by atoms with Gasteiger partial charge in [0.25, 0.3) is 0 Å². The zero-order valence-corrected chi connectivity index (χ0v) is 10.9. The van der Waals surface area contributed by atoms with Crippen molar-refractivity contribution in [1.82, 2.24) is 0 Å². The first kappa shape index (κ1) is 13.7. The van der Waals surface area contributed by atoms with Gasteiger partial charge in [-0.3, -0.25) is 0 Å². The molecule has 0 aromatic heterocycles. The zero-order chi connectivity index (χ0) is 9.52. The van der Waals surface area contributed by atoms with Gasteiger partial charge in [-0.15, -0.1) is 6.42 Å². The van der Waals surface area contributed by atoms with Crippen LogP contribution in [0.1, 0.15) is 11.1 Å². The molecule has 1 radical (unpaired) electrons. The average Bonchev–Trinajstić information content (AvgIpc) is 2.19. The van der Waals surface area contributed by atoms with Gasteiger partial charge in [-0.05, 0) is 5.56 Å². The molecule has 0 heterocycles. The van der Waals surface area contributed by atoms with E-state index in [0.29, 0.717) is 12.0 Å². The monoisotopic (exact) mass is 268 g/mol. The van der Waals surface area contributed by atoms with Gasteiger partial charge < -0.3 is 16.2 Å². The summed E-state index contributed by atoms with van der Waals surface area (Å²) in [5.41, 5.74) is 1.73. The van der Waals surface area contributed by atoms with Crippen molar-refractivity contribution in [3.8, 4) is 0 Å². The minimum Gasteiger partial charge on any atom is -0.436 e. The number of alkyl halides is 1. The maximum atomic E-state index is 12.1. The van der Waals surface area contributed by atoms with Gasteiger partial charge in [0.1, 0.15) is 13.8 Å². The Morgan fingerprint density at radius 3 is 2.36 bits per heavy atom. The minimum atomic E-state index is -0.420. The van der Waals surface area contributed by atoms with Crippen molar-refractivity contribution in [1.29, 1.82) is 0 Å². The van der Waals surface area contributed by atoms with E-state index in [-0.39, 0.29) is 32.7 Å². The van der Waals surface area contributed by atoms with Gasteiger partial charge in [-0.2, -0.15) is 0 Å². The van der Waals surface area contributed by atoms with Gasteiger partial charge in [0, 0.05) is 32.7 Å². The van der Waals surface area contributed by atoms with Crippen LogP contribution in [0, 0.1) is 0 Å². The SMILES string of the molecule is CON=[C-]Cc1ccc(C[18F])cc1.[Y]. The molecule has 0 aliphatic carbocycles. The molecular weight excluding hydrogens is 257 g/mol. The van der Waals surface area contributed by atoms with Crippen molar-refractivity contribution in [2.24, 2.45) is 5.16 Å². The number of hydrogen-bond donors (Lipinski definition) is 0. The van der Waals surface area contributed by atoms with Gasteiger partial charge in [0.15, 0.2) is 0 Å². The molecule has 2 nitrogen and oxygen atoms in total. The van der Waals surface area contributed by atoms with Crippen molar-refractivity contribution >= 4 is 6.21 Å². The Morgan fingerprint density at radius 1 is 1.29 bits per heavy atom. The van der Waals surface area contributed by atoms with Crippen LogP contribution in [0.3, 0.4) is 0 Å². The summed E-state index contributed by atoms with van der Waals surface area (Å²) in [5.74, 6) is 0. The van der Waals surface area contributed by atoms with Crippen LogP contribution in [0.4, 0.5) is 4.39 Å². The predicted octanol–water partition coefficient (Wildman–Crippen LogP) is 2.21. The van der Waals surface area contributed by atoms with Gasteiger partial charge in [-0.1, -0.05) is 29.8 Å². The third kappa shape index (κ3) is 4.82. The Hall–Kier alpha value is -0.276. The van der Waals surface area contributed by atoms with Crippen LogP contribution in [0.15, 0.2) is 29.4 Å². The largest absolute Gasteiger partial charge is 0.436 e. The minimum absolute atomic E-state index is 0. The predicted molar refractivity (Wildman–Crippen MR) is 49.4 cm³/mol. The summed E-state index contributed by atoms with van der Waals surface area (Å²) in [6, 6.07) is 7.22. The molecule has 0 atom stereocenters. The summed E-state index contributed by atoms with van der Waals surface area (Å²) >= 11 is 0. The van der Waals surface area contributed by atoms with Crippen molar-refractivity contribution in [3.05, 3.63) is 35.4 Å². The van der Waals surface area contributed by atoms with Crippen molar-refractivity contribution < 1.29 is 41.9 Å². The molecule has 4 heteroatoms. The van der Waals surface area contributed by atoms with Crippen LogP contribution in [-0.4, -0.2) is 13.3 Å². The van der Waals surface area contributed by atoms with E-state index in [0.717, 1.165) is 5.56 Å². The molecule has 1 aromatic carbocycles. The summed E-state index contributed by atoms with van der Waals surface area (Å²) in [7, 11) is 1.47. The van der Waals surface area contributed by atoms with E-state index in [1.807, 2.05) is 12.1 Å². The van der Waals surface area contributed by atoms with Gasteiger partial charge >= 0.3 is 0 Å². The second kappa shape index (κ2) is 8.07. The Labute approximate surface area is 108 Å². The molecule has 0 unspecified atom stereocenters. The van der Waals surface area contributed by atoms with Crippen molar-refractivity contribution in [2.75, 3.05) is 7.11 Å². The standard InChI is InChI=1S/C10H11FNO.Y/c1-13-12-7-6-9-2-4-10(8-11)5-3-9;/h2-5H,6,8H2,1H3;/q-1;/i11-1;. The molecule has 1 aromatic rings. The summed E-state index contributed by atoms with van der Waals surface area (Å²) in [6.45, 7) is -0.420. The molecule has 0 aliphatic heterocycles. The summed E-state index contributed by atoms with van der Waals surface area (Å²) in [6.07, 6.45) is 3.28. The molecule has 0 amide bonds. The normalized spacial score (nSPS) is 9.86. The summed E-state index contributed by atoms with van der Waals surface area (Å²) in [4.78, 5) is 4.46. The Bertz CT molecular complexity index is 274. The third-order valence-corrected chi connectivity index (χ3v) is 1.62. The van der Waals surface area contributed by atoms with E-state index in [1.165, 1.54) is 7.11 Å². The molecule has 0 saturated carbocycles. The molecule has 1 rings (SSSR count). The maximum absolute atomic E-state index is 12.1. The van der Waals surface area contributed by atoms with E-state index in [1.54, 1.807) is 12.1 Å². The average molecular weight is 268 g/mol. The molecule has 0 bridgehead atoms. The van der Waals surface area contributed by atoms with Crippen molar-refractivity contribution in [3.63, 3.8) is 0 Å². The third-order valence-electron chi connectivity index (χ3n) is 1.62. The van der Waals surface area contributed by atoms with Crippen LogP contribution in [0.2, 0.25) is 0 Å². The van der Waals surface area contributed by atoms with Crippen molar-refractivity contribution in [2.45, 2.75) is 13.1 Å². The maximum Gasteiger partial charge on any atom is 0.115 e. The smallest absolute Gasteiger partial charge is 0.115 e. The number of hydrogen-bond acceptors (Lipinski definition) is 2. The van der Waals surface area contributed by atoms with Crippen LogP contribution in [0.25, 0.3) is 0 Å². The van der Waals surface area contributed by atoms with E-state index < -0.39 is 6.67 Å². The fraction of sp³-hybridized carbons (Fsp3) is 0.300. The fourth-order valence-electron chi connectivity index (χ4n) is 0.934. The second-order valence-electron chi connectivity index (χ2n) is 2.56. The number of nitrogens with zero attached hydrogens (tertiary/aromatic N) is 1. The van der Waals surface area contributed by atoms with Gasteiger partial charge in [0.05, 0.1) is 0 Å². The topological polar surface area (TPSA) is 21.6 Å². The fourth-order valence-corrected chi connectivity index (χ4v) is 0.934. The number of benzene rings is 1. The second-order valence-corrected chi connectivity index (χ2v) is 2.56. The zero-order valence-electron chi connectivity index (χ0n) is 8.03. The molecule has 0 saturated heterocycles. The van der Waals surface area contributed by atoms with Crippen LogP contribution in [0.5, 0.6) is 0 Å². The molecule has 0 fully saturated rings. The molecule has 0 spiro atoms. The van der Waals surface area contributed by atoms with Crippen LogP contribution in [-0.2, 0) is 50.6 Å². The van der Waals surface area contributed by atoms with E-state index in [4.69, 9.17) is 0 Å². The van der Waals surface area contributed by atoms with Crippen LogP contribution < -0.4 is 0 Å². The van der Waals surface area contributed by atoms with E-state index in [9.17, 15) is 4.39 Å². The molecular formula is C10H11FNOY-. The van der Waals surface area contributed by atoms with Gasteiger partial charge in [0.2, 0.25) is 0 Å². The first-order valence-corrected chi connectivity index (χ1v) is 3.96. The molecule has 0 N–H and O–H groups in total. The van der Waals surface area contributed by atoms with Crippen LogP contribution >= 0.6 is 0 Å². The molecule has 0 aliphatic rings. The molecule has 73 valence electrons. The quantitative estimate of drug-likeness (QED) is 0.466. The van der Waals surface area contributed by atoms with E-state index in [2.05, 4.69) is 16.2 Å². The first-order chi connectivity index (χ1) is 6.36. The Balaban J connectivity index is 0.00000169. The van der Waals surface area contributed by atoms with E-state index >= 15 is 0 Å². The Morgan fingerprint density at radius 2 is 1.86 bits per heavy atom. The summed E-state index contributed by atoms with van der Waals surface area (Å²) in [5, 5.41) is 3.49. The Kier molecular flexibility index (Phi) is 7.91. The number of rotatable bonds is 4. The summed E-state index contributed by atoms with van der Waals surface area (Å²) < 4.78 is 12.1. The van der Waals surface area contributed by atoms with Gasteiger partial charge in [-0.25, -0.2) is 4.39 Å². The number of halogens is 1. The first-order valence-electron chi connectivity index (χ1n) is 3.96. The molecule has 14 heavy (non-hydrogen) atoms.